The summed E-state index contributed by atoms with van der Waals surface area (Å²) in [5.41, 5.74) is 1.07. The van der Waals surface area contributed by atoms with E-state index >= 15 is 0 Å². The van der Waals surface area contributed by atoms with Crippen LogP contribution in [0.4, 0.5) is 0 Å². The summed E-state index contributed by atoms with van der Waals surface area (Å²) < 4.78 is 12.7. The van der Waals surface area contributed by atoms with Gasteiger partial charge in [0.2, 0.25) is 10.8 Å². The van der Waals surface area contributed by atoms with E-state index in [-0.39, 0.29) is 11.9 Å². The van der Waals surface area contributed by atoms with Crippen LogP contribution in [0.25, 0.3) is 4.96 Å². The number of hydrogen-bond donors (Lipinski definition) is 1. The van der Waals surface area contributed by atoms with Crippen molar-refractivity contribution in [2.45, 2.75) is 25.8 Å². The van der Waals surface area contributed by atoms with Crippen LogP contribution < -0.4 is 9.47 Å². The molecule has 1 unspecified atom stereocenters. The van der Waals surface area contributed by atoms with Gasteiger partial charge in [-0.3, -0.25) is 4.90 Å². The molecule has 3 aromatic rings. The maximum absolute atomic E-state index is 10.7. The molecule has 0 spiro atoms. The van der Waals surface area contributed by atoms with Crippen LogP contribution in [0, 0.1) is 0 Å². The first-order valence-electron chi connectivity index (χ1n) is 8.79. The number of likely N-dealkylation sites (tertiary alicyclic amines) is 1. The molecule has 1 fully saturated rings. The van der Waals surface area contributed by atoms with E-state index in [9.17, 15) is 5.11 Å². The first-order valence-corrected chi connectivity index (χ1v) is 9.60. The second-order valence-electron chi connectivity index (χ2n) is 6.23. The molecule has 1 atom stereocenters. The van der Waals surface area contributed by atoms with Crippen molar-refractivity contribution >= 4 is 16.3 Å². The largest absolute Gasteiger partial charge is 0.493 e. The minimum absolute atomic E-state index is 0.0592. The van der Waals surface area contributed by atoms with Gasteiger partial charge in [0.05, 0.1) is 24.6 Å². The molecule has 0 aliphatic carbocycles. The van der Waals surface area contributed by atoms with Gasteiger partial charge in [0.15, 0.2) is 11.5 Å². The summed E-state index contributed by atoms with van der Waals surface area (Å²) in [5.74, 6) is 1.59. The van der Waals surface area contributed by atoms with Crippen molar-refractivity contribution in [2.75, 3.05) is 26.8 Å². The minimum atomic E-state index is -0.0592. The lowest BCUT2D eigenvalue weighted by molar-refractivity contribution is 0.274. The zero-order valence-electron chi connectivity index (χ0n) is 14.9. The normalized spacial score (nSPS) is 16.2. The van der Waals surface area contributed by atoms with E-state index in [0.717, 1.165) is 42.1 Å². The first kappa shape index (κ1) is 17.1. The van der Waals surface area contributed by atoms with Gasteiger partial charge in [-0.25, -0.2) is 4.98 Å². The van der Waals surface area contributed by atoms with E-state index in [1.807, 2.05) is 25.1 Å². The van der Waals surface area contributed by atoms with Crippen LogP contribution in [-0.2, 0) is 0 Å². The maximum Gasteiger partial charge on any atom is 0.230 e. The Morgan fingerprint density at radius 1 is 1.27 bits per heavy atom. The van der Waals surface area contributed by atoms with E-state index < -0.39 is 0 Å². The topological polar surface area (TPSA) is 72.1 Å². The highest BCUT2D eigenvalue weighted by Gasteiger charge is 2.31. The van der Waals surface area contributed by atoms with Gasteiger partial charge >= 0.3 is 0 Å². The molecule has 4 rings (SSSR count). The number of aromatic nitrogens is 3. The van der Waals surface area contributed by atoms with Crippen LogP contribution in [0.3, 0.4) is 0 Å². The lowest BCUT2D eigenvalue weighted by Gasteiger charge is -2.27. The fourth-order valence-corrected chi connectivity index (χ4v) is 4.62. The zero-order valence-corrected chi connectivity index (χ0v) is 15.7. The average molecular weight is 374 g/mol. The SMILES string of the molecule is CCOc1cc(C(c2sc3ncnn3c2O)N2CCCC2)ccc1OC. The molecule has 1 aromatic carbocycles. The Morgan fingerprint density at radius 3 is 2.77 bits per heavy atom. The molecule has 1 aliphatic rings. The van der Waals surface area contributed by atoms with Gasteiger partial charge in [0.1, 0.15) is 6.33 Å². The monoisotopic (exact) mass is 374 g/mol. The summed E-state index contributed by atoms with van der Waals surface area (Å²) >= 11 is 1.48. The summed E-state index contributed by atoms with van der Waals surface area (Å²) in [6.07, 6.45) is 3.78. The second-order valence-corrected chi connectivity index (χ2v) is 7.24. The quantitative estimate of drug-likeness (QED) is 0.715. The molecule has 7 nitrogen and oxygen atoms in total. The van der Waals surface area contributed by atoms with Crippen LogP contribution >= 0.6 is 11.3 Å². The van der Waals surface area contributed by atoms with Gasteiger partial charge in [-0.1, -0.05) is 17.4 Å². The number of nitrogens with zero attached hydrogens (tertiary/aromatic N) is 4. The van der Waals surface area contributed by atoms with Crippen molar-refractivity contribution < 1.29 is 14.6 Å². The summed E-state index contributed by atoms with van der Waals surface area (Å²) in [6.45, 7) is 4.51. The summed E-state index contributed by atoms with van der Waals surface area (Å²) in [7, 11) is 1.64. The van der Waals surface area contributed by atoms with Gasteiger partial charge in [-0.05, 0) is 50.6 Å². The van der Waals surface area contributed by atoms with E-state index in [1.54, 1.807) is 7.11 Å². The summed E-state index contributed by atoms with van der Waals surface area (Å²) in [6, 6.07) is 5.92. The number of hydrogen-bond acceptors (Lipinski definition) is 7. The molecule has 1 aliphatic heterocycles. The highest BCUT2D eigenvalue weighted by Crippen LogP contribution is 2.42. The Morgan fingerprint density at radius 2 is 2.08 bits per heavy atom. The molecule has 26 heavy (non-hydrogen) atoms. The lowest BCUT2D eigenvalue weighted by Crippen LogP contribution is -2.26. The number of rotatable bonds is 6. The predicted octanol–water partition coefficient (Wildman–Crippen LogP) is 3.09. The van der Waals surface area contributed by atoms with E-state index in [0.29, 0.717) is 17.3 Å². The van der Waals surface area contributed by atoms with Gasteiger partial charge in [0.25, 0.3) is 0 Å². The lowest BCUT2D eigenvalue weighted by atomic mass is 10.0. The summed E-state index contributed by atoms with van der Waals surface area (Å²) in [4.78, 5) is 8.17. The molecule has 8 heteroatoms. The van der Waals surface area contributed by atoms with Crippen molar-refractivity contribution in [1.29, 1.82) is 0 Å². The highest BCUT2D eigenvalue weighted by atomic mass is 32.1. The van der Waals surface area contributed by atoms with Crippen molar-refractivity contribution in [1.82, 2.24) is 19.5 Å². The number of aromatic hydroxyl groups is 1. The Labute approximate surface area is 155 Å². The van der Waals surface area contributed by atoms with Gasteiger partial charge in [-0.15, -0.1) is 0 Å². The second kappa shape index (κ2) is 7.13. The fourth-order valence-electron chi connectivity index (χ4n) is 3.53. The molecule has 1 saturated heterocycles. The molecule has 0 saturated carbocycles. The zero-order chi connectivity index (χ0) is 18.1. The summed E-state index contributed by atoms with van der Waals surface area (Å²) in [5, 5.41) is 14.9. The average Bonchev–Trinajstić information content (AvgIpc) is 3.37. The molecule has 1 N–H and O–H groups in total. The van der Waals surface area contributed by atoms with Crippen LogP contribution in [0.15, 0.2) is 24.5 Å². The number of thiazole rings is 1. The molecule has 0 amide bonds. The molecular weight excluding hydrogens is 352 g/mol. The Bertz CT molecular complexity index is 901. The third-order valence-electron chi connectivity index (χ3n) is 4.70. The number of benzene rings is 1. The van der Waals surface area contributed by atoms with Crippen molar-refractivity contribution in [3.05, 3.63) is 35.0 Å². The van der Waals surface area contributed by atoms with Gasteiger partial charge in [0, 0.05) is 0 Å². The minimum Gasteiger partial charge on any atom is -0.493 e. The Hall–Kier alpha value is -2.32. The third kappa shape index (κ3) is 2.89. The third-order valence-corrected chi connectivity index (χ3v) is 5.78. The molecule has 2 aromatic heterocycles. The van der Waals surface area contributed by atoms with Crippen LogP contribution in [0.5, 0.6) is 17.4 Å². The maximum atomic E-state index is 10.7. The van der Waals surface area contributed by atoms with Crippen LogP contribution in [-0.4, -0.2) is 51.4 Å². The highest BCUT2D eigenvalue weighted by molar-refractivity contribution is 7.17. The smallest absolute Gasteiger partial charge is 0.230 e. The van der Waals surface area contributed by atoms with Gasteiger partial charge in [-0.2, -0.15) is 9.61 Å². The fraction of sp³-hybridized carbons (Fsp3) is 0.444. The van der Waals surface area contributed by atoms with E-state index in [4.69, 9.17) is 9.47 Å². The predicted molar refractivity (Wildman–Crippen MR) is 99.3 cm³/mol. The van der Waals surface area contributed by atoms with E-state index in [2.05, 4.69) is 15.0 Å². The van der Waals surface area contributed by atoms with Crippen LogP contribution in [0.1, 0.15) is 36.2 Å². The molecule has 0 radical (unpaired) electrons. The number of ether oxygens (including phenoxy) is 2. The number of methoxy groups -OCH3 is 1. The molecular formula is C18H22N4O3S. The standard InChI is InChI=1S/C18H22N4O3S/c1-3-25-14-10-12(6-7-13(14)24-2)15(21-8-4-5-9-21)16-17(23)22-18(26-16)19-11-20-22/h6-7,10-11,15,23H,3-5,8-9H2,1-2H3. The Balaban J connectivity index is 1.82. The molecule has 0 bridgehead atoms. The van der Waals surface area contributed by atoms with Crippen molar-refractivity contribution in [2.24, 2.45) is 0 Å². The number of fused-ring (bicyclic) bond motifs is 1. The van der Waals surface area contributed by atoms with E-state index in [1.165, 1.54) is 22.2 Å². The van der Waals surface area contributed by atoms with Crippen molar-refractivity contribution in [3.8, 4) is 17.4 Å². The molecule has 138 valence electrons. The Kier molecular flexibility index (Phi) is 4.69. The first-order chi connectivity index (χ1) is 12.7. The van der Waals surface area contributed by atoms with Crippen molar-refractivity contribution in [3.63, 3.8) is 0 Å². The van der Waals surface area contributed by atoms with Crippen LogP contribution in [0.2, 0.25) is 0 Å². The van der Waals surface area contributed by atoms with Gasteiger partial charge < -0.3 is 14.6 Å². The molecule has 3 heterocycles.